The fourth-order valence-corrected chi connectivity index (χ4v) is 5.00. The van der Waals surface area contributed by atoms with E-state index < -0.39 is 11.9 Å². The molecule has 6 heteroatoms. The van der Waals surface area contributed by atoms with Crippen LogP contribution < -0.4 is 11.3 Å². The molecule has 5 nitrogen and oxygen atoms in total. The van der Waals surface area contributed by atoms with Crippen LogP contribution in [0.2, 0.25) is 0 Å². The number of nitrogens with zero attached hydrogens (tertiary/aromatic N) is 2. The van der Waals surface area contributed by atoms with Gasteiger partial charge in [0, 0.05) is 4.88 Å². The molecule has 2 heterocycles. The highest BCUT2D eigenvalue weighted by Gasteiger charge is 2.32. The molecule has 2 N–H and O–H groups in total. The van der Waals surface area contributed by atoms with Crippen LogP contribution in [0.25, 0.3) is 10.2 Å². The van der Waals surface area contributed by atoms with Crippen molar-refractivity contribution in [1.29, 1.82) is 0 Å². The number of aromatic nitrogens is 2. The van der Waals surface area contributed by atoms with E-state index in [0.29, 0.717) is 17.1 Å². The normalized spacial score (nSPS) is 19.3. The number of nitrogens with two attached hydrogens (primary N) is 1. The molecule has 2 atom stereocenters. The minimum atomic E-state index is -0.684. The lowest BCUT2D eigenvalue weighted by molar-refractivity contribution is -0.120. The van der Waals surface area contributed by atoms with Crippen LogP contribution in [0.4, 0.5) is 0 Å². The van der Waals surface area contributed by atoms with Gasteiger partial charge in [0.15, 0.2) is 0 Å². The largest absolute Gasteiger partial charge is 0.368 e. The highest BCUT2D eigenvalue weighted by molar-refractivity contribution is 7.18. The van der Waals surface area contributed by atoms with E-state index in [1.165, 1.54) is 9.44 Å². The summed E-state index contributed by atoms with van der Waals surface area (Å²) in [6, 6.07) is -0.684. The lowest BCUT2D eigenvalue weighted by atomic mass is 9.72. The Morgan fingerprint density at radius 3 is 2.67 bits per heavy atom. The average Bonchev–Trinajstić information content (AvgIpc) is 2.82. The van der Waals surface area contributed by atoms with E-state index in [0.717, 1.165) is 29.7 Å². The third kappa shape index (κ3) is 2.66. The first kappa shape index (κ1) is 17.1. The molecule has 3 rings (SSSR count). The van der Waals surface area contributed by atoms with E-state index >= 15 is 0 Å². The second kappa shape index (κ2) is 5.69. The van der Waals surface area contributed by atoms with Gasteiger partial charge < -0.3 is 5.73 Å². The third-order valence-electron chi connectivity index (χ3n) is 5.32. The van der Waals surface area contributed by atoms with Crippen molar-refractivity contribution in [1.82, 2.24) is 9.55 Å². The molecule has 0 spiro atoms. The molecular formula is C18H25N3O2S. The Balaban J connectivity index is 2.18. The molecule has 0 radical (unpaired) electrons. The van der Waals surface area contributed by atoms with Crippen LogP contribution in [-0.4, -0.2) is 15.5 Å². The summed E-state index contributed by atoms with van der Waals surface area (Å²) in [5.41, 5.74) is 6.68. The monoisotopic (exact) mass is 347 g/mol. The maximum atomic E-state index is 13.0. The summed E-state index contributed by atoms with van der Waals surface area (Å²) in [4.78, 5) is 31.3. The Kier molecular flexibility index (Phi) is 4.06. The van der Waals surface area contributed by atoms with Gasteiger partial charge >= 0.3 is 0 Å². The number of hydrogen-bond donors (Lipinski definition) is 1. The zero-order valence-corrected chi connectivity index (χ0v) is 15.8. The molecule has 130 valence electrons. The Hall–Kier alpha value is -1.69. The van der Waals surface area contributed by atoms with Crippen LogP contribution in [-0.2, 0) is 17.6 Å². The van der Waals surface area contributed by atoms with E-state index in [4.69, 9.17) is 5.73 Å². The Labute approximate surface area is 145 Å². The lowest BCUT2D eigenvalue weighted by Gasteiger charge is -2.33. The van der Waals surface area contributed by atoms with Crippen LogP contribution in [0, 0.1) is 18.3 Å². The van der Waals surface area contributed by atoms with Crippen molar-refractivity contribution in [3.8, 4) is 0 Å². The molecule has 0 aliphatic heterocycles. The van der Waals surface area contributed by atoms with Crippen LogP contribution in [0.15, 0.2) is 4.79 Å². The summed E-state index contributed by atoms with van der Waals surface area (Å²) >= 11 is 1.64. The number of aryl methyl sites for hydroxylation is 2. The number of rotatable bonds is 2. The summed E-state index contributed by atoms with van der Waals surface area (Å²) in [6.07, 6.45) is 2.99. The quantitative estimate of drug-likeness (QED) is 0.907. The van der Waals surface area contributed by atoms with Crippen molar-refractivity contribution in [3.05, 3.63) is 26.6 Å². The number of carbonyl (C=O) groups excluding carboxylic acids is 1. The Morgan fingerprint density at radius 1 is 1.42 bits per heavy atom. The first-order chi connectivity index (χ1) is 11.1. The van der Waals surface area contributed by atoms with Crippen molar-refractivity contribution in [2.75, 3.05) is 0 Å². The fraction of sp³-hybridized carbons (Fsp3) is 0.611. The minimum absolute atomic E-state index is 0.129. The lowest BCUT2D eigenvalue weighted by Crippen LogP contribution is -2.34. The van der Waals surface area contributed by atoms with E-state index in [9.17, 15) is 9.59 Å². The van der Waals surface area contributed by atoms with Crippen molar-refractivity contribution in [2.24, 2.45) is 17.1 Å². The predicted octanol–water partition coefficient (Wildman–Crippen LogP) is 2.96. The maximum Gasteiger partial charge on any atom is 0.263 e. The van der Waals surface area contributed by atoms with Gasteiger partial charge in [0.05, 0.1) is 5.39 Å². The van der Waals surface area contributed by atoms with Crippen LogP contribution in [0.3, 0.4) is 0 Å². The Morgan fingerprint density at radius 2 is 2.08 bits per heavy atom. The molecule has 24 heavy (non-hydrogen) atoms. The van der Waals surface area contributed by atoms with Crippen LogP contribution in [0.5, 0.6) is 0 Å². The highest BCUT2D eigenvalue weighted by atomic mass is 32.1. The molecule has 0 bridgehead atoms. The molecule has 1 aliphatic carbocycles. The molecular weight excluding hydrogens is 322 g/mol. The predicted molar refractivity (Wildman–Crippen MR) is 97.5 cm³/mol. The van der Waals surface area contributed by atoms with Crippen molar-refractivity contribution in [3.63, 3.8) is 0 Å². The first-order valence-electron chi connectivity index (χ1n) is 8.44. The molecule has 2 unspecified atom stereocenters. The van der Waals surface area contributed by atoms with E-state index in [2.05, 4.69) is 25.8 Å². The van der Waals surface area contributed by atoms with Gasteiger partial charge in [-0.25, -0.2) is 4.98 Å². The summed E-state index contributed by atoms with van der Waals surface area (Å²) in [5, 5.41) is 0.695. The topological polar surface area (TPSA) is 78.0 Å². The zero-order chi connectivity index (χ0) is 17.8. The number of primary amides is 1. The van der Waals surface area contributed by atoms with Gasteiger partial charge in [-0.05, 0) is 50.0 Å². The molecule has 1 amide bonds. The standard InChI is InChI=1S/C18H25N3O2S/c1-9(15(19)22)21-10(2)20-16-14(17(21)23)12-7-6-11(18(3,4)5)8-13(12)24-16/h9,11H,6-8H2,1-5H3,(H2,19,22). The van der Waals surface area contributed by atoms with Gasteiger partial charge in [-0.1, -0.05) is 20.8 Å². The van der Waals surface area contributed by atoms with Crippen molar-refractivity contribution in [2.45, 2.75) is 59.9 Å². The first-order valence-corrected chi connectivity index (χ1v) is 9.25. The van der Waals surface area contributed by atoms with Gasteiger partial charge in [-0.15, -0.1) is 11.3 Å². The van der Waals surface area contributed by atoms with Gasteiger partial charge in [0.1, 0.15) is 16.7 Å². The molecule has 0 saturated heterocycles. The molecule has 0 saturated carbocycles. The smallest absolute Gasteiger partial charge is 0.263 e. The summed E-state index contributed by atoms with van der Waals surface area (Å²) in [5.74, 6) is 0.647. The minimum Gasteiger partial charge on any atom is -0.368 e. The van der Waals surface area contributed by atoms with Crippen LogP contribution in [0.1, 0.15) is 56.4 Å². The second-order valence-electron chi connectivity index (χ2n) is 7.90. The third-order valence-corrected chi connectivity index (χ3v) is 6.46. The second-order valence-corrected chi connectivity index (χ2v) is 8.99. The Bertz CT molecular complexity index is 873. The average molecular weight is 347 g/mol. The molecule has 1 aliphatic rings. The van der Waals surface area contributed by atoms with Gasteiger partial charge in [0.2, 0.25) is 5.91 Å². The number of thiophene rings is 1. The summed E-state index contributed by atoms with van der Waals surface area (Å²) in [6.45, 7) is 10.2. The fourth-order valence-electron chi connectivity index (χ4n) is 3.66. The van der Waals surface area contributed by atoms with E-state index in [1.807, 2.05) is 0 Å². The SMILES string of the molecule is Cc1nc2sc3c(c2c(=O)n1C(C)C(N)=O)CCC(C(C)(C)C)C3. The van der Waals surface area contributed by atoms with E-state index in [1.54, 1.807) is 25.2 Å². The van der Waals surface area contributed by atoms with Crippen LogP contribution >= 0.6 is 11.3 Å². The number of amides is 1. The molecule has 2 aromatic heterocycles. The summed E-state index contributed by atoms with van der Waals surface area (Å²) in [7, 11) is 0. The number of hydrogen-bond acceptors (Lipinski definition) is 4. The maximum absolute atomic E-state index is 13.0. The summed E-state index contributed by atoms with van der Waals surface area (Å²) < 4.78 is 1.44. The van der Waals surface area contributed by atoms with Crippen molar-refractivity contribution >= 4 is 27.5 Å². The van der Waals surface area contributed by atoms with Gasteiger partial charge in [-0.3, -0.25) is 14.2 Å². The highest BCUT2D eigenvalue weighted by Crippen LogP contribution is 2.42. The van der Waals surface area contributed by atoms with E-state index in [-0.39, 0.29) is 11.0 Å². The van der Waals surface area contributed by atoms with Gasteiger partial charge in [0.25, 0.3) is 5.56 Å². The number of fused-ring (bicyclic) bond motifs is 3. The van der Waals surface area contributed by atoms with Gasteiger partial charge in [-0.2, -0.15) is 0 Å². The molecule has 0 fully saturated rings. The molecule has 2 aromatic rings. The van der Waals surface area contributed by atoms with Crippen molar-refractivity contribution < 1.29 is 4.79 Å². The molecule has 0 aromatic carbocycles. The number of carbonyl (C=O) groups is 1. The zero-order valence-electron chi connectivity index (χ0n) is 15.0.